The Balaban J connectivity index is 2.75. The molecule has 0 unspecified atom stereocenters. The first-order chi connectivity index (χ1) is 10.4. The normalized spacial score (nSPS) is 9.95. The van der Waals surface area contributed by atoms with Gasteiger partial charge in [0.15, 0.2) is 0 Å². The molecule has 0 aromatic heterocycles. The van der Waals surface area contributed by atoms with E-state index in [0.717, 1.165) is 15.6 Å². The number of rotatable bonds is 6. The molecule has 120 valence electrons. The fourth-order valence-electron chi connectivity index (χ4n) is 1.74. The van der Waals surface area contributed by atoms with E-state index in [1.165, 1.54) is 0 Å². The van der Waals surface area contributed by atoms with Crippen LogP contribution in [0, 0.1) is 5.92 Å². The van der Waals surface area contributed by atoms with Crippen molar-refractivity contribution in [2.24, 2.45) is 11.7 Å². The van der Waals surface area contributed by atoms with Gasteiger partial charge >= 0.3 is 12.1 Å². The Morgan fingerprint density at radius 1 is 1.23 bits per heavy atom. The van der Waals surface area contributed by atoms with Crippen LogP contribution in [0.3, 0.4) is 0 Å². The van der Waals surface area contributed by atoms with Gasteiger partial charge in [0.05, 0.1) is 6.54 Å². The van der Waals surface area contributed by atoms with Gasteiger partial charge in [0.25, 0.3) is 0 Å². The summed E-state index contributed by atoms with van der Waals surface area (Å²) in [7, 11) is 0. The smallest absolute Gasteiger partial charge is 0.350 e. The standard InChI is InChI=1S/C14H21N5O3/c1-11(2)8-18(13(15)21)17-14(22)19(16-10-20)9-12-6-4-3-5-7-12/h3-7,10-11H,8-9H2,1-2H3,(H2,15,21)(H,16,20)(H,17,22). The maximum Gasteiger partial charge on any atom is 0.355 e. The van der Waals surface area contributed by atoms with E-state index in [-0.39, 0.29) is 19.0 Å². The van der Waals surface area contributed by atoms with Crippen LogP contribution in [0.1, 0.15) is 19.4 Å². The predicted octanol–water partition coefficient (Wildman–Crippen LogP) is 0.811. The second-order valence-electron chi connectivity index (χ2n) is 5.08. The summed E-state index contributed by atoms with van der Waals surface area (Å²) in [6.45, 7) is 4.18. The summed E-state index contributed by atoms with van der Waals surface area (Å²) in [5.41, 5.74) is 10.7. The Hall–Kier alpha value is -2.77. The highest BCUT2D eigenvalue weighted by Gasteiger charge is 2.19. The highest BCUT2D eigenvalue weighted by atomic mass is 16.2. The molecule has 0 aliphatic heterocycles. The van der Waals surface area contributed by atoms with Gasteiger partial charge in [-0.3, -0.25) is 10.2 Å². The lowest BCUT2D eigenvalue weighted by Crippen LogP contribution is -2.56. The van der Waals surface area contributed by atoms with Crippen molar-refractivity contribution in [1.82, 2.24) is 20.9 Å². The summed E-state index contributed by atoms with van der Waals surface area (Å²) < 4.78 is 0. The Bertz CT molecular complexity index is 506. The van der Waals surface area contributed by atoms with Crippen LogP contribution in [-0.2, 0) is 11.3 Å². The maximum atomic E-state index is 12.2. The van der Waals surface area contributed by atoms with E-state index in [4.69, 9.17) is 5.73 Å². The molecule has 0 heterocycles. The molecule has 1 rings (SSSR count). The molecule has 22 heavy (non-hydrogen) atoms. The molecule has 4 N–H and O–H groups in total. The number of carbonyl (C=O) groups excluding carboxylic acids is 3. The van der Waals surface area contributed by atoms with Crippen LogP contribution >= 0.6 is 0 Å². The third-order valence-corrected chi connectivity index (χ3v) is 2.68. The number of urea groups is 2. The number of hydrazine groups is 2. The highest BCUT2D eigenvalue weighted by molar-refractivity contribution is 5.79. The van der Waals surface area contributed by atoms with Gasteiger partial charge in [-0.25, -0.2) is 25.0 Å². The van der Waals surface area contributed by atoms with Crippen LogP contribution < -0.4 is 16.6 Å². The number of hydrogen-bond donors (Lipinski definition) is 3. The number of nitrogens with one attached hydrogen (secondary N) is 2. The fourth-order valence-corrected chi connectivity index (χ4v) is 1.74. The monoisotopic (exact) mass is 307 g/mol. The molecule has 0 saturated carbocycles. The Morgan fingerprint density at radius 3 is 2.36 bits per heavy atom. The third kappa shape index (κ3) is 5.70. The van der Waals surface area contributed by atoms with Gasteiger partial charge < -0.3 is 5.73 Å². The van der Waals surface area contributed by atoms with Gasteiger partial charge in [-0.05, 0) is 11.5 Å². The van der Waals surface area contributed by atoms with Crippen molar-refractivity contribution in [2.45, 2.75) is 20.4 Å². The zero-order chi connectivity index (χ0) is 16.5. The van der Waals surface area contributed by atoms with Gasteiger partial charge in [-0.2, -0.15) is 0 Å². The van der Waals surface area contributed by atoms with Crippen LogP contribution in [-0.4, -0.2) is 35.0 Å². The first-order valence-corrected chi connectivity index (χ1v) is 6.83. The van der Waals surface area contributed by atoms with E-state index in [9.17, 15) is 14.4 Å². The van der Waals surface area contributed by atoms with Crippen molar-refractivity contribution < 1.29 is 14.4 Å². The van der Waals surface area contributed by atoms with Crippen molar-refractivity contribution in [2.75, 3.05) is 6.54 Å². The largest absolute Gasteiger partial charge is 0.355 e. The molecule has 0 fully saturated rings. The second kappa shape index (κ2) is 8.50. The Labute approximate surface area is 129 Å². The molecule has 0 aliphatic carbocycles. The van der Waals surface area contributed by atoms with E-state index in [0.29, 0.717) is 6.41 Å². The minimum Gasteiger partial charge on any atom is -0.350 e. The average molecular weight is 307 g/mol. The molecular formula is C14H21N5O3. The number of carbonyl (C=O) groups is 3. The molecule has 0 aliphatic rings. The van der Waals surface area contributed by atoms with Crippen LogP contribution in [0.15, 0.2) is 30.3 Å². The van der Waals surface area contributed by atoms with Crippen molar-refractivity contribution in [1.29, 1.82) is 0 Å². The summed E-state index contributed by atoms with van der Waals surface area (Å²) in [4.78, 5) is 34.2. The molecule has 0 radical (unpaired) electrons. The number of nitrogens with two attached hydrogens (primary N) is 1. The summed E-state index contributed by atoms with van der Waals surface area (Å²) in [5.74, 6) is 0.120. The Kier molecular flexibility index (Phi) is 6.68. The number of amides is 5. The van der Waals surface area contributed by atoms with Gasteiger partial charge in [-0.1, -0.05) is 44.2 Å². The quantitative estimate of drug-likeness (QED) is 0.534. The van der Waals surface area contributed by atoms with E-state index in [2.05, 4.69) is 10.9 Å². The summed E-state index contributed by atoms with van der Waals surface area (Å²) in [6, 6.07) is 7.68. The fraction of sp³-hybridized carbons (Fsp3) is 0.357. The van der Waals surface area contributed by atoms with Crippen LogP contribution in [0.5, 0.6) is 0 Å². The molecule has 0 atom stereocenters. The summed E-state index contributed by atoms with van der Waals surface area (Å²) >= 11 is 0. The lowest BCUT2D eigenvalue weighted by atomic mass is 10.2. The van der Waals surface area contributed by atoms with Crippen LogP contribution in [0.4, 0.5) is 9.59 Å². The van der Waals surface area contributed by atoms with Crippen molar-refractivity contribution >= 4 is 18.5 Å². The van der Waals surface area contributed by atoms with Crippen LogP contribution in [0.25, 0.3) is 0 Å². The van der Waals surface area contributed by atoms with Crippen LogP contribution in [0.2, 0.25) is 0 Å². The molecule has 0 spiro atoms. The Morgan fingerprint density at radius 2 is 1.86 bits per heavy atom. The number of benzene rings is 1. The van der Waals surface area contributed by atoms with Gasteiger partial charge in [0, 0.05) is 6.54 Å². The lowest BCUT2D eigenvalue weighted by molar-refractivity contribution is -0.113. The predicted molar refractivity (Wildman–Crippen MR) is 80.8 cm³/mol. The van der Waals surface area contributed by atoms with Gasteiger partial charge in [0.1, 0.15) is 0 Å². The third-order valence-electron chi connectivity index (χ3n) is 2.68. The molecule has 1 aromatic rings. The van der Waals surface area contributed by atoms with Gasteiger partial charge in [-0.15, -0.1) is 0 Å². The first kappa shape index (κ1) is 17.3. The van der Waals surface area contributed by atoms with E-state index in [1.807, 2.05) is 44.2 Å². The van der Waals surface area contributed by atoms with Crippen molar-refractivity contribution in [3.05, 3.63) is 35.9 Å². The molecule has 0 saturated heterocycles. The SMILES string of the molecule is CC(C)CN(NC(=O)N(Cc1ccccc1)NC=O)C(N)=O. The molecule has 8 heteroatoms. The molecule has 5 amide bonds. The molecule has 1 aromatic carbocycles. The van der Waals surface area contributed by atoms with Crippen molar-refractivity contribution in [3.63, 3.8) is 0 Å². The molecular weight excluding hydrogens is 286 g/mol. The topological polar surface area (TPSA) is 108 Å². The minimum atomic E-state index is -0.771. The lowest BCUT2D eigenvalue weighted by Gasteiger charge is -2.27. The molecule has 0 bridgehead atoms. The van der Waals surface area contributed by atoms with E-state index < -0.39 is 12.1 Å². The zero-order valence-corrected chi connectivity index (χ0v) is 12.7. The van der Waals surface area contributed by atoms with E-state index in [1.54, 1.807) is 0 Å². The van der Waals surface area contributed by atoms with E-state index >= 15 is 0 Å². The zero-order valence-electron chi connectivity index (χ0n) is 12.7. The first-order valence-electron chi connectivity index (χ1n) is 6.83. The van der Waals surface area contributed by atoms with Crippen molar-refractivity contribution in [3.8, 4) is 0 Å². The second-order valence-corrected chi connectivity index (χ2v) is 5.08. The highest BCUT2D eigenvalue weighted by Crippen LogP contribution is 2.03. The van der Waals surface area contributed by atoms with Gasteiger partial charge in [0.2, 0.25) is 6.41 Å². The molecule has 8 nitrogen and oxygen atoms in total. The number of hydrogen-bond acceptors (Lipinski definition) is 3. The minimum absolute atomic E-state index is 0.120. The summed E-state index contributed by atoms with van der Waals surface area (Å²) in [5, 5.41) is 2.07. The average Bonchev–Trinajstić information content (AvgIpc) is 2.46. The number of primary amides is 1. The maximum absolute atomic E-state index is 12.2. The number of nitrogens with zero attached hydrogens (tertiary/aromatic N) is 2. The summed E-state index contributed by atoms with van der Waals surface area (Å²) in [6.07, 6.45) is 0.388.